The summed E-state index contributed by atoms with van der Waals surface area (Å²) >= 11 is 0. The Labute approximate surface area is 107 Å². The molecule has 4 nitrogen and oxygen atoms in total. The maximum Gasteiger partial charge on any atom is 0.0692 e. The Bertz CT molecular complexity index is 448. The highest BCUT2D eigenvalue weighted by Gasteiger charge is 1.90. The average Bonchev–Trinajstić information content (AvgIpc) is 2.92. The minimum absolute atomic E-state index is 0.895. The molecular weight excluding hydrogens is 224 g/mol. The van der Waals surface area contributed by atoms with Gasteiger partial charge in [-0.05, 0) is 18.5 Å². The van der Waals surface area contributed by atoms with Crippen molar-refractivity contribution in [1.29, 1.82) is 0 Å². The molecule has 0 unspecified atom stereocenters. The fourth-order valence-corrected chi connectivity index (χ4v) is 1.66. The van der Waals surface area contributed by atoms with Crippen molar-refractivity contribution in [1.82, 2.24) is 20.3 Å². The van der Waals surface area contributed by atoms with Gasteiger partial charge in [0.1, 0.15) is 0 Å². The highest BCUT2D eigenvalue weighted by atomic mass is 15.4. The molecular formula is C14H18N4. The fourth-order valence-electron chi connectivity index (χ4n) is 1.66. The topological polar surface area (TPSA) is 42.7 Å². The van der Waals surface area contributed by atoms with Crippen LogP contribution in [-0.4, -0.2) is 28.1 Å². The van der Waals surface area contributed by atoms with Gasteiger partial charge < -0.3 is 5.32 Å². The number of aryl methyl sites for hydroxylation is 1. The van der Waals surface area contributed by atoms with Gasteiger partial charge >= 0.3 is 0 Å². The van der Waals surface area contributed by atoms with Crippen LogP contribution in [0, 0.1) is 0 Å². The molecule has 4 heteroatoms. The van der Waals surface area contributed by atoms with Gasteiger partial charge in [-0.25, -0.2) is 0 Å². The number of aromatic nitrogens is 3. The third-order valence-corrected chi connectivity index (χ3v) is 2.58. The Kier molecular flexibility index (Phi) is 5.14. The second-order valence-corrected chi connectivity index (χ2v) is 4.04. The molecule has 0 saturated carbocycles. The van der Waals surface area contributed by atoms with Gasteiger partial charge in [0, 0.05) is 19.3 Å². The van der Waals surface area contributed by atoms with Crippen molar-refractivity contribution in [3.63, 3.8) is 0 Å². The van der Waals surface area contributed by atoms with Gasteiger partial charge in [-0.1, -0.05) is 47.7 Å². The predicted octanol–water partition coefficient (Wildman–Crippen LogP) is 1.97. The standard InChI is InChI=1S/C14H18N4/c1-2-6-14(7-3-1)8-4-9-15-10-5-12-18-13-11-16-17-18/h1-4,6-8,11,13,15H,5,9-10,12H2/b8-4+. The van der Waals surface area contributed by atoms with E-state index >= 15 is 0 Å². The van der Waals surface area contributed by atoms with Crippen LogP contribution in [0.15, 0.2) is 48.8 Å². The van der Waals surface area contributed by atoms with Crippen molar-refractivity contribution in [2.75, 3.05) is 13.1 Å². The van der Waals surface area contributed by atoms with Crippen LogP contribution in [0.1, 0.15) is 12.0 Å². The first kappa shape index (κ1) is 12.5. The van der Waals surface area contributed by atoms with Crippen LogP contribution < -0.4 is 5.32 Å². The quantitative estimate of drug-likeness (QED) is 0.755. The number of hydrogen-bond donors (Lipinski definition) is 1. The summed E-state index contributed by atoms with van der Waals surface area (Å²) < 4.78 is 1.85. The number of hydrogen-bond acceptors (Lipinski definition) is 3. The zero-order valence-electron chi connectivity index (χ0n) is 10.4. The van der Waals surface area contributed by atoms with Crippen LogP contribution in [0.2, 0.25) is 0 Å². The molecule has 1 aromatic heterocycles. The normalized spacial score (nSPS) is 11.1. The number of nitrogens with one attached hydrogen (secondary N) is 1. The molecule has 0 aliphatic heterocycles. The van der Waals surface area contributed by atoms with Gasteiger partial charge in [-0.2, -0.15) is 0 Å². The molecule has 0 fully saturated rings. The fraction of sp³-hybridized carbons (Fsp3) is 0.286. The maximum absolute atomic E-state index is 3.91. The lowest BCUT2D eigenvalue weighted by molar-refractivity contribution is 0.540. The van der Waals surface area contributed by atoms with Gasteiger partial charge in [0.2, 0.25) is 0 Å². The molecule has 0 bridgehead atoms. The summed E-state index contributed by atoms with van der Waals surface area (Å²) in [6, 6.07) is 10.3. The zero-order chi connectivity index (χ0) is 12.5. The van der Waals surface area contributed by atoms with Crippen molar-refractivity contribution in [3.05, 3.63) is 54.4 Å². The van der Waals surface area contributed by atoms with E-state index in [1.807, 2.05) is 29.1 Å². The van der Waals surface area contributed by atoms with E-state index in [2.05, 4.69) is 39.9 Å². The van der Waals surface area contributed by atoms with E-state index in [9.17, 15) is 0 Å². The van der Waals surface area contributed by atoms with Gasteiger partial charge in [-0.3, -0.25) is 4.68 Å². The number of nitrogens with zero attached hydrogens (tertiary/aromatic N) is 3. The monoisotopic (exact) mass is 242 g/mol. The second kappa shape index (κ2) is 7.40. The minimum Gasteiger partial charge on any atom is -0.313 e. The van der Waals surface area contributed by atoms with E-state index in [1.165, 1.54) is 5.56 Å². The Morgan fingerprint density at radius 3 is 2.89 bits per heavy atom. The maximum atomic E-state index is 3.91. The predicted molar refractivity (Wildman–Crippen MR) is 73.0 cm³/mol. The van der Waals surface area contributed by atoms with Crippen LogP contribution in [0.3, 0.4) is 0 Å². The molecule has 94 valence electrons. The van der Waals surface area contributed by atoms with Crippen molar-refractivity contribution in [2.45, 2.75) is 13.0 Å². The SMILES string of the molecule is C(=C\c1ccccc1)/CNCCCn1ccnn1. The molecule has 0 spiro atoms. The first-order chi connectivity index (χ1) is 8.95. The molecule has 0 aliphatic carbocycles. The zero-order valence-corrected chi connectivity index (χ0v) is 10.4. The summed E-state index contributed by atoms with van der Waals surface area (Å²) in [7, 11) is 0. The second-order valence-electron chi connectivity index (χ2n) is 4.04. The average molecular weight is 242 g/mol. The lowest BCUT2D eigenvalue weighted by atomic mass is 10.2. The highest BCUT2D eigenvalue weighted by Crippen LogP contribution is 1.99. The van der Waals surface area contributed by atoms with Gasteiger partial charge in [0.05, 0.1) is 6.20 Å². The first-order valence-electron chi connectivity index (χ1n) is 6.21. The number of rotatable bonds is 7. The van der Waals surface area contributed by atoms with Crippen LogP contribution >= 0.6 is 0 Å². The van der Waals surface area contributed by atoms with Gasteiger partial charge in [0.15, 0.2) is 0 Å². The summed E-state index contributed by atoms with van der Waals surface area (Å²) in [5, 5.41) is 11.0. The molecule has 1 aromatic carbocycles. The summed E-state index contributed by atoms with van der Waals surface area (Å²) in [5.74, 6) is 0. The molecule has 0 radical (unpaired) electrons. The Hall–Kier alpha value is -1.94. The summed E-state index contributed by atoms with van der Waals surface area (Å²) in [5.41, 5.74) is 1.24. The molecule has 1 N–H and O–H groups in total. The highest BCUT2D eigenvalue weighted by molar-refractivity contribution is 5.48. The van der Waals surface area contributed by atoms with E-state index < -0.39 is 0 Å². The molecule has 0 aliphatic rings. The Morgan fingerprint density at radius 1 is 1.22 bits per heavy atom. The van der Waals surface area contributed by atoms with Crippen molar-refractivity contribution in [3.8, 4) is 0 Å². The van der Waals surface area contributed by atoms with Crippen LogP contribution in [-0.2, 0) is 6.54 Å². The minimum atomic E-state index is 0.895. The van der Waals surface area contributed by atoms with E-state index in [0.717, 1.165) is 26.1 Å². The van der Waals surface area contributed by atoms with Crippen LogP contribution in [0.5, 0.6) is 0 Å². The lowest BCUT2D eigenvalue weighted by Crippen LogP contribution is -2.16. The molecule has 18 heavy (non-hydrogen) atoms. The molecule has 0 amide bonds. The first-order valence-corrected chi connectivity index (χ1v) is 6.21. The molecule has 0 atom stereocenters. The molecule has 2 rings (SSSR count). The van der Waals surface area contributed by atoms with Crippen LogP contribution in [0.4, 0.5) is 0 Å². The van der Waals surface area contributed by atoms with Crippen molar-refractivity contribution >= 4 is 6.08 Å². The summed E-state index contributed by atoms with van der Waals surface area (Å²) in [6.45, 7) is 2.79. The van der Waals surface area contributed by atoms with E-state index in [4.69, 9.17) is 0 Å². The third kappa shape index (κ3) is 4.51. The van der Waals surface area contributed by atoms with Crippen molar-refractivity contribution in [2.24, 2.45) is 0 Å². The largest absolute Gasteiger partial charge is 0.313 e. The smallest absolute Gasteiger partial charge is 0.0692 e. The Morgan fingerprint density at radius 2 is 2.11 bits per heavy atom. The van der Waals surface area contributed by atoms with Gasteiger partial charge in [-0.15, -0.1) is 5.10 Å². The number of benzene rings is 1. The third-order valence-electron chi connectivity index (χ3n) is 2.58. The Balaban J connectivity index is 1.55. The van der Waals surface area contributed by atoms with E-state index in [0.29, 0.717) is 0 Å². The molecule has 0 saturated heterocycles. The summed E-state index contributed by atoms with van der Waals surface area (Å²) in [6.07, 6.45) is 8.92. The van der Waals surface area contributed by atoms with Crippen molar-refractivity contribution < 1.29 is 0 Å². The van der Waals surface area contributed by atoms with E-state index in [1.54, 1.807) is 6.20 Å². The molecule has 1 heterocycles. The van der Waals surface area contributed by atoms with Gasteiger partial charge in [0.25, 0.3) is 0 Å². The molecule has 2 aromatic rings. The lowest BCUT2D eigenvalue weighted by Gasteiger charge is -2.01. The van der Waals surface area contributed by atoms with Crippen LogP contribution in [0.25, 0.3) is 6.08 Å². The summed E-state index contributed by atoms with van der Waals surface area (Å²) in [4.78, 5) is 0. The van der Waals surface area contributed by atoms with E-state index in [-0.39, 0.29) is 0 Å².